The maximum Gasteiger partial charge on any atom is 0.220 e. The highest BCUT2D eigenvalue weighted by atomic mass is 35.5. The molecule has 0 fully saturated rings. The molecule has 1 rings (SSSR count). The fraction of sp³-hybridized carbons (Fsp3) is 0.667. The number of carbonyl (C=O) groups is 1. The number of aryl methyl sites for hydroxylation is 1. The summed E-state index contributed by atoms with van der Waals surface area (Å²) < 4.78 is 1.64. The van der Waals surface area contributed by atoms with Crippen LogP contribution in [0.3, 0.4) is 0 Å². The third-order valence-electron chi connectivity index (χ3n) is 1.86. The number of nitrogens with zero attached hydrogens (tertiary/aromatic N) is 3. The Labute approximate surface area is 93.8 Å². The molecule has 1 N–H and O–H groups in total. The van der Waals surface area contributed by atoms with Gasteiger partial charge in [0.1, 0.15) is 6.33 Å². The standard InChI is InChI=1S/C9H15ClN4O/c1-14-7-12-8(13-14)4-6-11-9(15)3-2-5-10/h7H,2-6H2,1H3,(H,11,15). The van der Waals surface area contributed by atoms with Crippen LogP contribution in [-0.2, 0) is 18.3 Å². The Morgan fingerprint density at radius 1 is 1.67 bits per heavy atom. The van der Waals surface area contributed by atoms with Crippen molar-refractivity contribution >= 4 is 17.5 Å². The lowest BCUT2D eigenvalue weighted by Crippen LogP contribution is -2.25. The molecule has 0 spiro atoms. The Kier molecular flexibility index (Phi) is 5.10. The van der Waals surface area contributed by atoms with E-state index in [0.717, 1.165) is 12.2 Å². The van der Waals surface area contributed by atoms with Gasteiger partial charge in [0.05, 0.1) is 0 Å². The summed E-state index contributed by atoms with van der Waals surface area (Å²) in [5.41, 5.74) is 0. The van der Waals surface area contributed by atoms with E-state index < -0.39 is 0 Å². The summed E-state index contributed by atoms with van der Waals surface area (Å²) in [6, 6.07) is 0. The fourth-order valence-electron chi connectivity index (χ4n) is 1.13. The fourth-order valence-corrected chi connectivity index (χ4v) is 1.26. The van der Waals surface area contributed by atoms with Gasteiger partial charge in [-0.3, -0.25) is 9.48 Å². The lowest BCUT2D eigenvalue weighted by atomic mass is 10.3. The Bertz CT molecular complexity index is 313. The van der Waals surface area contributed by atoms with Gasteiger partial charge in [0.15, 0.2) is 5.82 Å². The van der Waals surface area contributed by atoms with Gasteiger partial charge < -0.3 is 5.32 Å². The van der Waals surface area contributed by atoms with Gasteiger partial charge in [-0.05, 0) is 6.42 Å². The van der Waals surface area contributed by atoms with E-state index in [1.807, 2.05) is 7.05 Å². The number of alkyl halides is 1. The molecule has 0 aliphatic heterocycles. The van der Waals surface area contributed by atoms with Crippen molar-refractivity contribution in [2.24, 2.45) is 7.05 Å². The molecule has 84 valence electrons. The SMILES string of the molecule is Cn1cnc(CCNC(=O)CCCCl)n1. The second kappa shape index (κ2) is 6.40. The monoisotopic (exact) mass is 230 g/mol. The normalized spacial score (nSPS) is 10.3. The molecule has 15 heavy (non-hydrogen) atoms. The van der Waals surface area contributed by atoms with Crippen LogP contribution in [0.1, 0.15) is 18.7 Å². The van der Waals surface area contributed by atoms with Crippen LogP contribution in [0.25, 0.3) is 0 Å². The average molecular weight is 231 g/mol. The van der Waals surface area contributed by atoms with Crippen LogP contribution in [0.2, 0.25) is 0 Å². The largest absolute Gasteiger partial charge is 0.356 e. The van der Waals surface area contributed by atoms with Crippen LogP contribution in [0.15, 0.2) is 6.33 Å². The number of aromatic nitrogens is 3. The molecule has 6 heteroatoms. The zero-order valence-electron chi connectivity index (χ0n) is 8.74. The molecule has 0 saturated heterocycles. The second-order valence-electron chi connectivity index (χ2n) is 3.23. The molecular weight excluding hydrogens is 216 g/mol. The first kappa shape index (κ1) is 12.0. The van der Waals surface area contributed by atoms with Gasteiger partial charge in [-0.15, -0.1) is 11.6 Å². The molecule has 0 saturated carbocycles. The van der Waals surface area contributed by atoms with Gasteiger partial charge in [0, 0.05) is 32.3 Å². The smallest absolute Gasteiger partial charge is 0.220 e. The lowest BCUT2D eigenvalue weighted by molar-refractivity contribution is -0.121. The van der Waals surface area contributed by atoms with Crippen molar-refractivity contribution in [1.29, 1.82) is 0 Å². The summed E-state index contributed by atoms with van der Waals surface area (Å²) in [6.07, 6.45) is 3.51. The molecule has 0 aromatic carbocycles. The molecule has 0 radical (unpaired) electrons. The highest BCUT2D eigenvalue weighted by Gasteiger charge is 2.02. The number of hydrogen-bond acceptors (Lipinski definition) is 3. The first-order valence-electron chi connectivity index (χ1n) is 4.89. The van der Waals surface area contributed by atoms with Gasteiger partial charge in [-0.2, -0.15) is 5.10 Å². The third kappa shape index (κ3) is 4.78. The van der Waals surface area contributed by atoms with Crippen LogP contribution in [0.5, 0.6) is 0 Å². The highest BCUT2D eigenvalue weighted by molar-refractivity contribution is 6.17. The van der Waals surface area contributed by atoms with Crippen LogP contribution in [0, 0.1) is 0 Å². The minimum absolute atomic E-state index is 0.0339. The number of halogens is 1. The first-order chi connectivity index (χ1) is 7.22. The Balaban J connectivity index is 2.13. The predicted octanol–water partition coefficient (Wildman–Crippen LogP) is 0.493. The van der Waals surface area contributed by atoms with E-state index in [2.05, 4.69) is 15.4 Å². The summed E-state index contributed by atoms with van der Waals surface area (Å²) in [4.78, 5) is 15.2. The number of nitrogens with one attached hydrogen (secondary N) is 1. The van der Waals surface area contributed by atoms with E-state index in [-0.39, 0.29) is 5.91 Å². The maximum absolute atomic E-state index is 11.2. The van der Waals surface area contributed by atoms with Gasteiger partial charge in [-0.1, -0.05) is 0 Å². The Morgan fingerprint density at radius 3 is 3.07 bits per heavy atom. The molecule has 1 amide bonds. The van der Waals surface area contributed by atoms with E-state index in [4.69, 9.17) is 11.6 Å². The summed E-state index contributed by atoms with van der Waals surface area (Å²) in [6.45, 7) is 0.575. The second-order valence-corrected chi connectivity index (χ2v) is 3.60. The lowest BCUT2D eigenvalue weighted by Gasteiger charge is -2.01. The van der Waals surface area contributed by atoms with Crippen molar-refractivity contribution in [2.75, 3.05) is 12.4 Å². The van der Waals surface area contributed by atoms with E-state index in [1.165, 1.54) is 0 Å². The van der Waals surface area contributed by atoms with E-state index in [1.54, 1.807) is 11.0 Å². The van der Waals surface area contributed by atoms with Crippen molar-refractivity contribution < 1.29 is 4.79 Å². The van der Waals surface area contributed by atoms with Gasteiger partial charge in [0.2, 0.25) is 5.91 Å². The molecule has 0 unspecified atom stereocenters. The number of amides is 1. The first-order valence-corrected chi connectivity index (χ1v) is 5.43. The molecular formula is C9H15ClN4O. The molecule has 1 aromatic rings. The van der Waals surface area contributed by atoms with Crippen molar-refractivity contribution in [3.63, 3.8) is 0 Å². The van der Waals surface area contributed by atoms with Crippen molar-refractivity contribution in [2.45, 2.75) is 19.3 Å². The van der Waals surface area contributed by atoms with E-state index in [9.17, 15) is 4.79 Å². The quantitative estimate of drug-likeness (QED) is 0.724. The van der Waals surface area contributed by atoms with Gasteiger partial charge in [0.25, 0.3) is 0 Å². The third-order valence-corrected chi connectivity index (χ3v) is 2.12. The average Bonchev–Trinajstić information content (AvgIpc) is 2.61. The topological polar surface area (TPSA) is 59.8 Å². The highest BCUT2D eigenvalue weighted by Crippen LogP contribution is 1.92. The zero-order chi connectivity index (χ0) is 11.1. The zero-order valence-corrected chi connectivity index (χ0v) is 9.50. The Hall–Kier alpha value is -1.10. The summed E-state index contributed by atoms with van der Waals surface area (Å²) in [5, 5.41) is 6.89. The summed E-state index contributed by atoms with van der Waals surface area (Å²) in [7, 11) is 1.82. The van der Waals surface area contributed by atoms with Crippen LogP contribution in [0.4, 0.5) is 0 Å². The molecule has 1 heterocycles. The summed E-state index contributed by atoms with van der Waals surface area (Å²) >= 11 is 5.48. The summed E-state index contributed by atoms with van der Waals surface area (Å²) in [5.74, 6) is 1.30. The van der Waals surface area contributed by atoms with Crippen molar-refractivity contribution in [3.05, 3.63) is 12.2 Å². The Morgan fingerprint density at radius 2 is 2.47 bits per heavy atom. The van der Waals surface area contributed by atoms with E-state index >= 15 is 0 Å². The maximum atomic E-state index is 11.2. The minimum atomic E-state index is 0.0339. The molecule has 0 aliphatic rings. The number of hydrogen-bond donors (Lipinski definition) is 1. The molecule has 5 nitrogen and oxygen atoms in total. The van der Waals surface area contributed by atoms with Crippen molar-refractivity contribution in [1.82, 2.24) is 20.1 Å². The van der Waals surface area contributed by atoms with Crippen LogP contribution >= 0.6 is 11.6 Å². The molecule has 1 aromatic heterocycles. The van der Waals surface area contributed by atoms with Crippen LogP contribution < -0.4 is 5.32 Å². The molecule has 0 bridgehead atoms. The van der Waals surface area contributed by atoms with E-state index in [0.29, 0.717) is 25.3 Å². The predicted molar refractivity (Wildman–Crippen MR) is 57.7 cm³/mol. The van der Waals surface area contributed by atoms with Crippen LogP contribution in [-0.4, -0.2) is 33.1 Å². The van der Waals surface area contributed by atoms with Gasteiger partial charge in [-0.25, -0.2) is 4.98 Å². The number of rotatable bonds is 6. The number of carbonyl (C=O) groups excluding carboxylic acids is 1. The van der Waals surface area contributed by atoms with Gasteiger partial charge >= 0.3 is 0 Å². The molecule has 0 aliphatic carbocycles. The molecule has 0 atom stereocenters. The van der Waals surface area contributed by atoms with Crippen molar-refractivity contribution in [3.8, 4) is 0 Å². The minimum Gasteiger partial charge on any atom is -0.356 e.